The zero-order valence-corrected chi connectivity index (χ0v) is 17.9. The van der Waals surface area contributed by atoms with Crippen molar-refractivity contribution in [2.24, 2.45) is 5.73 Å². The van der Waals surface area contributed by atoms with Gasteiger partial charge >= 0.3 is 0 Å². The lowest BCUT2D eigenvalue weighted by Gasteiger charge is -2.26. The van der Waals surface area contributed by atoms with Gasteiger partial charge < -0.3 is 10.8 Å². The van der Waals surface area contributed by atoms with Crippen molar-refractivity contribution < 1.29 is 18.3 Å². The number of hydrogen-bond donors (Lipinski definition) is 2. The van der Waals surface area contributed by atoms with Crippen LogP contribution >= 0.6 is 0 Å². The summed E-state index contributed by atoms with van der Waals surface area (Å²) < 4.78 is 30.6. The van der Waals surface area contributed by atoms with Crippen molar-refractivity contribution in [3.05, 3.63) is 96.4 Å². The lowest BCUT2D eigenvalue weighted by atomic mass is 9.86. The van der Waals surface area contributed by atoms with E-state index in [0.717, 1.165) is 22.2 Å². The van der Waals surface area contributed by atoms with Gasteiger partial charge in [-0.25, -0.2) is 13.5 Å². The van der Waals surface area contributed by atoms with Crippen molar-refractivity contribution in [1.29, 1.82) is 0 Å². The van der Waals surface area contributed by atoms with Crippen LogP contribution in [0, 0.1) is 0 Å². The van der Waals surface area contributed by atoms with Crippen molar-refractivity contribution in [2.45, 2.75) is 19.4 Å². The standard InChI is InChI=1S/C22H23N3O.CH2F2.CH3F/c1-4-17(14-19(23)5-2)22(3,26)18-11-12-21-16(13-18)15-24-25(21)20-9-7-6-8-10-20;2-1-3;1-2/h4-15,26H,2,23H2,1,3H3;1H2;1H3/b17-4+,19-14+;;. The van der Waals surface area contributed by atoms with Gasteiger partial charge in [0.05, 0.1) is 24.6 Å². The average Bonchev–Trinajstić information content (AvgIpc) is 3.23. The van der Waals surface area contributed by atoms with Crippen LogP contribution in [0.2, 0.25) is 0 Å². The van der Waals surface area contributed by atoms with Gasteiger partial charge in [0, 0.05) is 11.1 Å². The van der Waals surface area contributed by atoms with Gasteiger partial charge in [0.1, 0.15) is 5.60 Å². The Balaban J connectivity index is 0.000000884. The number of hydrogen-bond acceptors (Lipinski definition) is 3. The molecule has 1 unspecified atom stereocenters. The third kappa shape index (κ3) is 6.33. The Bertz CT molecular complexity index is 1020. The number of fused-ring (bicyclic) bond motifs is 1. The molecule has 1 aromatic heterocycles. The third-order valence-electron chi connectivity index (χ3n) is 4.56. The summed E-state index contributed by atoms with van der Waals surface area (Å²) in [5, 5.41) is 16.6. The first kappa shape index (κ1) is 25.7. The Hall–Kier alpha value is -3.32. The van der Waals surface area contributed by atoms with Gasteiger partial charge in [0.25, 0.3) is 0 Å². The molecule has 0 saturated heterocycles. The molecule has 0 fully saturated rings. The summed E-state index contributed by atoms with van der Waals surface area (Å²) in [6, 6.07) is 15.8. The van der Waals surface area contributed by atoms with Crippen molar-refractivity contribution in [1.82, 2.24) is 9.78 Å². The predicted octanol–water partition coefficient (Wildman–Crippen LogP) is 5.68. The van der Waals surface area contributed by atoms with E-state index in [0.29, 0.717) is 18.4 Å². The molecule has 0 aliphatic carbocycles. The van der Waals surface area contributed by atoms with Crippen LogP contribution in [-0.4, -0.2) is 29.0 Å². The van der Waals surface area contributed by atoms with Gasteiger partial charge in [-0.05, 0) is 61.4 Å². The van der Waals surface area contributed by atoms with Gasteiger partial charge in [0.2, 0.25) is 6.93 Å². The topological polar surface area (TPSA) is 64.1 Å². The highest BCUT2D eigenvalue weighted by molar-refractivity contribution is 5.81. The van der Waals surface area contributed by atoms with E-state index >= 15 is 0 Å². The van der Waals surface area contributed by atoms with Crippen LogP contribution in [-0.2, 0) is 5.60 Å². The molecule has 0 amide bonds. The van der Waals surface area contributed by atoms with Crippen LogP contribution < -0.4 is 5.73 Å². The Labute approximate surface area is 180 Å². The van der Waals surface area contributed by atoms with E-state index in [1.807, 2.05) is 72.4 Å². The minimum Gasteiger partial charge on any atom is -0.399 e. The molecular formula is C24H28F3N3O. The van der Waals surface area contributed by atoms with Gasteiger partial charge in [-0.15, -0.1) is 0 Å². The Kier molecular flexibility index (Phi) is 10.3. The maximum absolute atomic E-state index is 11.1. The number of para-hydroxylation sites is 1. The minimum absolute atomic E-state index is 0.500. The summed E-state index contributed by atoms with van der Waals surface area (Å²) >= 11 is 0. The number of aliphatic hydroxyl groups is 1. The number of benzene rings is 2. The van der Waals surface area contributed by atoms with E-state index in [1.165, 1.54) is 0 Å². The van der Waals surface area contributed by atoms with E-state index in [1.54, 1.807) is 19.1 Å². The molecule has 0 bridgehead atoms. The van der Waals surface area contributed by atoms with E-state index in [2.05, 4.69) is 11.7 Å². The molecule has 31 heavy (non-hydrogen) atoms. The molecule has 3 rings (SSSR count). The van der Waals surface area contributed by atoms with Crippen LogP contribution in [0.4, 0.5) is 13.2 Å². The molecule has 0 aliphatic rings. The van der Waals surface area contributed by atoms with Crippen LogP contribution in [0.25, 0.3) is 16.6 Å². The number of halogens is 3. The van der Waals surface area contributed by atoms with Crippen molar-refractivity contribution >= 4 is 10.9 Å². The molecule has 1 atom stereocenters. The summed E-state index contributed by atoms with van der Waals surface area (Å²) in [4.78, 5) is 0. The van der Waals surface area contributed by atoms with Gasteiger partial charge in [-0.1, -0.05) is 36.9 Å². The zero-order valence-electron chi connectivity index (χ0n) is 17.9. The Morgan fingerprint density at radius 2 is 1.81 bits per heavy atom. The number of nitrogens with zero attached hydrogens (tertiary/aromatic N) is 2. The number of alkyl halides is 3. The lowest BCUT2D eigenvalue weighted by Crippen LogP contribution is -2.23. The molecule has 0 spiro atoms. The maximum Gasteiger partial charge on any atom is 0.229 e. The fourth-order valence-electron chi connectivity index (χ4n) is 3.02. The first-order valence-corrected chi connectivity index (χ1v) is 9.41. The normalized spacial score (nSPS) is 13.4. The number of allylic oxidation sites excluding steroid dienone is 2. The minimum atomic E-state index is -1.75. The molecule has 166 valence electrons. The number of aromatic nitrogens is 2. The van der Waals surface area contributed by atoms with Crippen LogP contribution in [0.15, 0.2) is 90.8 Å². The van der Waals surface area contributed by atoms with Crippen LogP contribution in [0.3, 0.4) is 0 Å². The number of rotatable bonds is 5. The molecule has 0 radical (unpaired) electrons. The smallest absolute Gasteiger partial charge is 0.229 e. The second kappa shape index (κ2) is 12.4. The molecule has 3 N–H and O–H groups in total. The van der Waals surface area contributed by atoms with E-state index in [4.69, 9.17) is 5.73 Å². The number of nitrogens with two attached hydrogens (primary N) is 1. The fourth-order valence-corrected chi connectivity index (χ4v) is 3.02. The van der Waals surface area contributed by atoms with Crippen molar-refractivity contribution in [3.8, 4) is 5.69 Å². The molecule has 0 aliphatic heterocycles. The quantitative estimate of drug-likeness (QED) is 0.511. The SMILES string of the molecule is C=C/C(N)=C\C(=C/C)C(C)(O)c1ccc2c(cnn2-c2ccccc2)c1.CF.FCF. The summed E-state index contributed by atoms with van der Waals surface area (Å²) in [6.07, 6.45) is 6.97. The predicted molar refractivity (Wildman–Crippen MR) is 121 cm³/mol. The highest BCUT2D eigenvalue weighted by Gasteiger charge is 2.27. The lowest BCUT2D eigenvalue weighted by molar-refractivity contribution is 0.101. The van der Waals surface area contributed by atoms with E-state index in [-0.39, 0.29) is 0 Å². The third-order valence-corrected chi connectivity index (χ3v) is 4.56. The van der Waals surface area contributed by atoms with Crippen molar-refractivity contribution in [2.75, 3.05) is 14.1 Å². The summed E-state index contributed by atoms with van der Waals surface area (Å²) in [5.41, 5.74) is 8.67. The van der Waals surface area contributed by atoms with Gasteiger partial charge in [-0.2, -0.15) is 5.10 Å². The van der Waals surface area contributed by atoms with Crippen LogP contribution in [0.5, 0.6) is 0 Å². The zero-order chi connectivity index (χ0) is 23.4. The molecule has 0 saturated carbocycles. The summed E-state index contributed by atoms with van der Waals surface area (Å²) in [6.45, 7) is 5.55. The van der Waals surface area contributed by atoms with E-state index < -0.39 is 12.5 Å². The van der Waals surface area contributed by atoms with Gasteiger partial charge in [0.15, 0.2) is 0 Å². The second-order valence-electron chi connectivity index (χ2n) is 6.43. The molecule has 2 aromatic carbocycles. The largest absolute Gasteiger partial charge is 0.399 e. The first-order valence-electron chi connectivity index (χ1n) is 9.41. The van der Waals surface area contributed by atoms with Crippen molar-refractivity contribution in [3.63, 3.8) is 0 Å². The molecule has 3 aromatic rings. The first-order chi connectivity index (χ1) is 14.9. The Morgan fingerprint density at radius 3 is 2.35 bits per heavy atom. The molecule has 7 heteroatoms. The average molecular weight is 432 g/mol. The Morgan fingerprint density at radius 1 is 1.19 bits per heavy atom. The summed E-state index contributed by atoms with van der Waals surface area (Å²) in [7, 11) is 0.500. The fraction of sp³-hybridized carbons (Fsp3) is 0.208. The molecule has 1 heterocycles. The van der Waals surface area contributed by atoms with E-state index in [9.17, 15) is 18.3 Å². The highest BCUT2D eigenvalue weighted by Crippen LogP contribution is 2.32. The highest BCUT2D eigenvalue weighted by atomic mass is 19.3. The second-order valence-corrected chi connectivity index (χ2v) is 6.43. The van der Waals surface area contributed by atoms with Gasteiger partial charge in [-0.3, -0.25) is 4.39 Å². The molecular weight excluding hydrogens is 403 g/mol. The molecule has 4 nitrogen and oxygen atoms in total. The maximum atomic E-state index is 11.1. The monoisotopic (exact) mass is 431 g/mol. The van der Waals surface area contributed by atoms with Crippen LogP contribution in [0.1, 0.15) is 19.4 Å². The summed E-state index contributed by atoms with van der Waals surface area (Å²) in [5.74, 6) is 0.